The summed E-state index contributed by atoms with van der Waals surface area (Å²) in [6.45, 7) is 3.25. The van der Waals surface area contributed by atoms with Gasteiger partial charge in [-0.3, -0.25) is 9.52 Å². The van der Waals surface area contributed by atoms with Crippen molar-refractivity contribution in [3.63, 3.8) is 0 Å². The van der Waals surface area contributed by atoms with Crippen molar-refractivity contribution in [2.75, 3.05) is 36.8 Å². The predicted molar refractivity (Wildman–Crippen MR) is 158 cm³/mol. The molecule has 1 aliphatic rings. The van der Waals surface area contributed by atoms with E-state index in [1.165, 1.54) is 47.2 Å². The number of alkyl halides is 3. The van der Waals surface area contributed by atoms with E-state index in [1.807, 2.05) is 0 Å². The van der Waals surface area contributed by atoms with E-state index in [-0.39, 0.29) is 47.3 Å². The van der Waals surface area contributed by atoms with E-state index in [0.717, 1.165) is 24.3 Å². The second kappa shape index (κ2) is 13.1. The van der Waals surface area contributed by atoms with Gasteiger partial charge in [-0.15, -0.1) is 0 Å². The number of benzene rings is 3. The van der Waals surface area contributed by atoms with Crippen LogP contribution in [0.15, 0.2) is 77.7 Å². The minimum absolute atomic E-state index is 0.00473. The van der Waals surface area contributed by atoms with Gasteiger partial charge in [-0.1, -0.05) is 31.2 Å². The number of hydrogen-bond acceptors (Lipinski definition) is 6. The molecule has 3 aromatic rings. The van der Waals surface area contributed by atoms with Gasteiger partial charge in [0.1, 0.15) is 6.10 Å². The van der Waals surface area contributed by atoms with Crippen molar-refractivity contribution < 1.29 is 41.0 Å². The zero-order chi connectivity index (χ0) is 32.2. The third kappa shape index (κ3) is 7.42. The van der Waals surface area contributed by atoms with E-state index < -0.39 is 51.8 Å². The number of aliphatic hydroxyl groups excluding tert-OH is 1. The van der Waals surface area contributed by atoms with Crippen LogP contribution >= 0.6 is 0 Å². The van der Waals surface area contributed by atoms with E-state index in [2.05, 4.69) is 10.0 Å². The Labute approximate surface area is 253 Å². The number of aliphatic hydroxyl groups is 1. The maximum Gasteiger partial charge on any atom is 0.416 e. The van der Waals surface area contributed by atoms with Gasteiger partial charge >= 0.3 is 12.2 Å². The molecule has 3 aromatic carbocycles. The molecule has 1 aliphatic heterocycles. The highest BCUT2D eigenvalue weighted by Gasteiger charge is 2.36. The summed E-state index contributed by atoms with van der Waals surface area (Å²) in [5, 5.41) is 12.4. The summed E-state index contributed by atoms with van der Waals surface area (Å²) < 4.78 is 74.0. The zero-order valence-electron chi connectivity index (χ0n) is 24.2. The van der Waals surface area contributed by atoms with Crippen LogP contribution in [-0.2, 0) is 16.2 Å². The third-order valence-corrected chi connectivity index (χ3v) is 8.63. The van der Waals surface area contributed by atoms with E-state index in [4.69, 9.17) is 4.74 Å². The van der Waals surface area contributed by atoms with Crippen LogP contribution in [-0.4, -0.2) is 74.2 Å². The molecule has 0 aliphatic carbocycles. The first-order chi connectivity index (χ1) is 20.7. The fraction of sp³-hybridized carbons (Fsp3) is 0.333. The molecule has 14 heteroatoms. The molecule has 0 radical (unpaired) electrons. The Hall–Kier alpha value is -4.30. The first kappa shape index (κ1) is 32.6. The fourth-order valence-corrected chi connectivity index (χ4v) is 5.74. The van der Waals surface area contributed by atoms with E-state index in [9.17, 15) is 36.3 Å². The second-order valence-corrected chi connectivity index (χ2v) is 12.3. The van der Waals surface area contributed by atoms with Gasteiger partial charge in [0.05, 0.1) is 40.9 Å². The van der Waals surface area contributed by atoms with Gasteiger partial charge in [-0.2, -0.15) is 13.2 Å². The molecule has 3 atom stereocenters. The van der Waals surface area contributed by atoms with Gasteiger partial charge in [0.2, 0.25) is 0 Å². The smallest absolute Gasteiger partial charge is 0.416 e. The van der Waals surface area contributed by atoms with Gasteiger partial charge in [-0.05, 0) is 55.5 Å². The number of para-hydroxylation sites is 1. The van der Waals surface area contributed by atoms with Crippen molar-refractivity contribution in [1.82, 2.24) is 9.80 Å². The summed E-state index contributed by atoms with van der Waals surface area (Å²) in [5.74, 6) is -0.928. The van der Waals surface area contributed by atoms with Crippen molar-refractivity contribution in [3.05, 3.63) is 83.9 Å². The Bertz CT molecular complexity index is 1590. The maximum absolute atomic E-state index is 13.7. The summed E-state index contributed by atoms with van der Waals surface area (Å²) in [7, 11) is -2.60. The Morgan fingerprint density at radius 3 is 2.36 bits per heavy atom. The van der Waals surface area contributed by atoms with Crippen LogP contribution in [0.1, 0.15) is 29.8 Å². The molecule has 236 valence electrons. The molecule has 3 amide bonds. The zero-order valence-corrected chi connectivity index (χ0v) is 25.0. The van der Waals surface area contributed by atoms with Crippen molar-refractivity contribution in [2.45, 2.75) is 37.1 Å². The number of carbonyl (C=O) groups excluding carboxylic acids is 2. The average molecular weight is 635 g/mol. The van der Waals surface area contributed by atoms with Crippen LogP contribution in [0.3, 0.4) is 0 Å². The summed E-state index contributed by atoms with van der Waals surface area (Å²) in [4.78, 5) is 29.4. The monoisotopic (exact) mass is 634 g/mol. The van der Waals surface area contributed by atoms with Crippen LogP contribution in [0.5, 0.6) is 5.75 Å². The Morgan fingerprint density at radius 2 is 1.75 bits per heavy atom. The molecule has 44 heavy (non-hydrogen) atoms. The molecule has 0 fully saturated rings. The Morgan fingerprint density at radius 1 is 1.09 bits per heavy atom. The van der Waals surface area contributed by atoms with Gasteiger partial charge in [0.15, 0.2) is 5.75 Å². The summed E-state index contributed by atoms with van der Waals surface area (Å²) in [5.41, 5.74) is -0.633. The standard InChI is InChI=1S/C30H33F3N4O6S/c1-19-16-37(20(2)18-38)28(39)24-10-7-11-25(35-44(41,42)23-8-5-4-6-9-23)27(24)43-26(19)17-36(3)29(40)34-22-14-12-21(13-15-22)30(31,32)33/h4-15,19-20,26,35,38H,16-18H2,1-3H3,(H,34,40)/t19-,20+,26+/m0/s1. The van der Waals surface area contributed by atoms with Crippen LogP contribution in [0.2, 0.25) is 0 Å². The number of nitrogens with zero attached hydrogens (tertiary/aromatic N) is 2. The number of ether oxygens (including phenoxy) is 1. The topological polar surface area (TPSA) is 128 Å². The lowest BCUT2D eigenvalue weighted by Gasteiger charge is -2.38. The first-order valence-electron chi connectivity index (χ1n) is 13.7. The molecule has 1 heterocycles. The molecule has 0 aromatic heterocycles. The maximum atomic E-state index is 13.7. The van der Waals surface area contributed by atoms with Crippen molar-refractivity contribution in [2.24, 2.45) is 5.92 Å². The number of sulfonamides is 1. The van der Waals surface area contributed by atoms with Gasteiger partial charge in [0.25, 0.3) is 15.9 Å². The van der Waals surface area contributed by atoms with Gasteiger partial charge < -0.3 is 25.0 Å². The fourth-order valence-electron chi connectivity index (χ4n) is 4.66. The number of rotatable bonds is 8. The number of carbonyl (C=O) groups is 2. The van der Waals surface area contributed by atoms with E-state index in [1.54, 1.807) is 32.0 Å². The lowest BCUT2D eigenvalue weighted by Crippen LogP contribution is -2.50. The lowest BCUT2D eigenvalue weighted by molar-refractivity contribution is -0.137. The molecular formula is C30H33F3N4O6S. The lowest BCUT2D eigenvalue weighted by atomic mass is 9.99. The Balaban J connectivity index is 1.64. The number of halogens is 3. The van der Waals surface area contributed by atoms with Crippen molar-refractivity contribution in [3.8, 4) is 5.75 Å². The molecule has 0 spiro atoms. The number of likely N-dealkylation sites (N-methyl/N-ethyl adjacent to an activating group) is 1. The molecule has 0 bridgehead atoms. The number of urea groups is 1. The summed E-state index contributed by atoms with van der Waals surface area (Å²) in [6, 6.07) is 14.9. The van der Waals surface area contributed by atoms with E-state index >= 15 is 0 Å². The van der Waals surface area contributed by atoms with Gasteiger partial charge in [0, 0.05) is 25.2 Å². The molecule has 4 rings (SSSR count). The predicted octanol–water partition coefficient (Wildman–Crippen LogP) is 4.89. The number of anilines is 2. The van der Waals surface area contributed by atoms with Crippen LogP contribution in [0.4, 0.5) is 29.3 Å². The van der Waals surface area contributed by atoms with Crippen molar-refractivity contribution in [1.29, 1.82) is 0 Å². The van der Waals surface area contributed by atoms with Crippen LogP contribution in [0.25, 0.3) is 0 Å². The normalized spacial score (nSPS) is 17.9. The summed E-state index contributed by atoms with van der Waals surface area (Å²) in [6.07, 6.45) is -5.29. The van der Waals surface area contributed by atoms with Crippen LogP contribution in [0, 0.1) is 5.92 Å². The molecule has 3 N–H and O–H groups in total. The number of amides is 3. The second-order valence-electron chi connectivity index (χ2n) is 10.6. The largest absolute Gasteiger partial charge is 0.485 e. The van der Waals surface area contributed by atoms with Crippen molar-refractivity contribution >= 4 is 33.3 Å². The SMILES string of the molecule is C[C@H](CO)N1C[C@H](C)[C@@H](CN(C)C(=O)Nc2ccc(C(F)(F)F)cc2)Oc2c(NS(=O)(=O)c3ccccc3)cccc2C1=O. The average Bonchev–Trinajstić information content (AvgIpc) is 2.98. The third-order valence-electron chi connectivity index (χ3n) is 7.25. The first-order valence-corrected chi connectivity index (χ1v) is 15.2. The molecule has 0 saturated carbocycles. The van der Waals surface area contributed by atoms with E-state index in [0.29, 0.717) is 0 Å². The number of hydrogen-bond donors (Lipinski definition) is 3. The minimum Gasteiger partial charge on any atom is -0.485 e. The number of fused-ring (bicyclic) bond motifs is 1. The van der Waals surface area contributed by atoms with Gasteiger partial charge in [-0.25, -0.2) is 13.2 Å². The highest BCUT2D eigenvalue weighted by atomic mass is 32.2. The highest BCUT2D eigenvalue weighted by molar-refractivity contribution is 7.92. The highest BCUT2D eigenvalue weighted by Crippen LogP contribution is 2.36. The molecular weight excluding hydrogens is 601 g/mol. The minimum atomic E-state index is -4.52. The number of nitrogens with one attached hydrogen (secondary N) is 2. The quantitative estimate of drug-likeness (QED) is 0.324. The molecule has 0 saturated heterocycles. The molecule has 0 unspecified atom stereocenters. The summed E-state index contributed by atoms with van der Waals surface area (Å²) >= 11 is 0. The molecule has 10 nitrogen and oxygen atoms in total. The Kier molecular flexibility index (Phi) is 9.74. The van der Waals surface area contributed by atoms with Crippen LogP contribution < -0.4 is 14.8 Å².